The highest BCUT2D eigenvalue weighted by molar-refractivity contribution is 6.44. The second-order valence-electron chi connectivity index (χ2n) is 8.45. The second kappa shape index (κ2) is 20.4. The van der Waals surface area contributed by atoms with Crippen molar-refractivity contribution in [3.63, 3.8) is 0 Å². The first-order valence-corrected chi connectivity index (χ1v) is 14.3. The summed E-state index contributed by atoms with van der Waals surface area (Å²) in [4.78, 5) is 44.8. The number of carbonyl (C=O) groups excluding carboxylic acids is 2. The van der Waals surface area contributed by atoms with Gasteiger partial charge in [-0.3, -0.25) is 0 Å². The summed E-state index contributed by atoms with van der Waals surface area (Å²) in [6, 6.07) is 12.0. The molecule has 0 radical (unpaired) electrons. The van der Waals surface area contributed by atoms with Crippen molar-refractivity contribution in [2.24, 2.45) is 0 Å². The van der Waals surface area contributed by atoms with E-state index in [4.69, 9.17) is 66.1 Å². The summed E-state index contributed by atoms with van der Waals surface area (Å²) in [5, 5.41) is 18.0. The maximum absolute atomic E-state index is 11.8. The van der Waals surface area contributed by atoms with Gasteiger partial charge in [0.1, 0.15) is 9.67 Å². The number of aromatic carboxylic acids is 2. The molecule has 0 spiro atoms. The van der Waals surface area contributed by atoms with Crippen LogP contribution in [0.15, 0.2) is 48.5 Å². The highest BCUT2D eigenvalue weighted by Gasteiger charge is 2.17. The molecule has 2 aromatic carbocycles. The minimum absolute atomic E-state index is 0.0513. The Labute approximate surface area is 253 Å². The van der Waals surface area contributed by atoms with Crippen molar-refractivity contribution in [2.45, 2.75) is 61.0 Å². The van der Waals surface area contributed by atoms with Gasteiger partial charge in [-0.1, -0.05) is 37.1 Å². The average Bonchev–Trinajstić information content (AvgIpc) is 2.92. The van der Waals surface area contributed by atoms with Crippen molar-refractivity contribution < 1.29 is 38.9 Å². The molecule has 2 aromatic rings. The fourth-order valence-electron chi connectivity index (χ4n) is 3.34. The summed E-state index contributed by atoms with van der Waals surface area (Å²) in [5.41, 5.74) is 0.0393. The lowest BCUT2D eigenvalue weighted by molar-refractivity contribution is 0.0482. The molecule has 0 saturated heterocycles. The molecule has 2 rings (SSSR count). The Morgan fingerprint density at radius 1 is 0.550 bits per heavy atom. The van der Waals surface area contributed by atoms with Crippen LogP contribution in [0.5, 0.6) is 0 Å². The number of carbonyl (C=O) groups is 4. The zero-order valence-corrected chi connectivity index (χ0v) is 24.7. The normalized spacial score (nSPS) is 10.6. The van der Waals surface area contributed by atoms with Gasteiger partial charge in [0.2, 0.25) is 0 Å². The van der Waals surface area contributed by atoms with Gasteiger partial charge >= 0.3 is 23.9 Å². The third-order valence-corrected chi connectivity index (χ3v) is 6.23. The molecule has 0 aliphatic heterocycles. The Balaban J connectivity index is 0.000000400. The smallest absolute Gasteiger partial charge is 0.339 e. The van der Waals surface area contributed by atoms with E-state index in [1.54, 1.807) is 24.3 Å². The molecule has 0 unspecified atom stereocenters. The third-order valence-electron chi connectivity index (χ3n) is 5.35. The minimum atomic E-state index is -1.15. The zero-order valence-electron chi connectivity index (χ0n) is 21.7. The van der Waals surface area contributed by atoms with Crippen molar-refractivity contribution in [2.75, 3.05) is 13.2 Å². The standard InChI is InChI=1S/2C14H16Cl2O4/c2*15-12(16)8-2-1-5-9-20-14(19)11-7-4-3-6-10(11)13(17)18/h2*3-4,6-7,12H,1-2,5,8-9H2,(H,17,18). The van der Waals surface area contributed by atoms with Crippen LogP contribution < -0.4 is 0 Å². The lowest BCUT2D eigenvalue weighted by Crippen LogP contribution is -2.12. The summed E-state index contributed by atoms with van der Waals surface area (Å²) in [6.45, 7) is 0.504. The fraction of sp³-hybridized carbons (Fsp3) is 0.429. The topological polar surface area (TPSA) is 127 Å². The quantitative estimate of drug-likeness (QED) is 0.108. The fourth-order valence-corrected chi connectivity index (χ4v) is 3.95. The van der Waals surface area contributed by atoms with Gasteiger partial charge in [-0.05, 0) is 62.8 Å². The molecule has 0 aromatic heterocycles. The maximum atomic E-state index is 11.8. The molecule has 0 aliphatic carbocycles. The first kappa shape index (κ1) is 35.5. The van der Waals surface area contributed by atoms with Crippen LogP contribution in [0.3, 0.4) is 0 Å². The lowest BCUT2D eigenvalue weighted by atomic mass is 10.1. The number of carboxylic acid groups (broad SMARTS) is 2. The number of unbranched alkanes of at least 4 members (excludes halogenated alkanes) is 4. The van der Waals surface area contributed by atoms with Gasteiger partial charge in [0.05, 0.1) is 35.5 Å². The van der Waals surface area contributed by atoms with Gasteiger partial charge < -0.3 is 19.7 Å². The number of hydrogen-bond donors (Lipinski definition) is 2. The maximum Gasteiger partial charge on any atom is 0.339 e. The molecule has 0 amide bonds. The number of alkyl halides is 4. The van der Waals surface area contributed by atoms with Crippen LogP contribution >= 0.6 is 46.4 Å². The molecule has 0 bridgehead atoms. The summed E-state index contributed by atoms with van der Waals surface area (Å²) in [5.74, 6) is -3.52. The van der Waals surface area contributed by atoms with Crippen LogP contribution in [-0.4, -0.2) is 57.0 Å². The summed E-state index contributed by atoms with van der Waals surface area (Å²) < 4.78 is 10.1. The monoisotopic (exact) mass is 636 g/mol. The summed E-state index contributed by atoms with van der Waals surface area (Å²) in [7, 11) is 0. The molecule has 0 saturated carbocycles. The molecule has 2 N–H and O–H groups in total. The molecular formula is C28H32Cl4O8. The largest absolute Gasteiger partial charge is 0.478 e. The highest BCUT2D eigenvalue weighted by atomic mass is 35.5. The Kier molecular flexibility index (Phi) is 18.1. The predicted molar refractivity (Wildman–Crippen MR) is 155 cm³/mol. The van der Waals surface area contributed by atoms with E-state index < -0.39 is 23.9 Å². The van der Waals surface area contributed by atoms with Gasteiger partial charge in [-0.2, -0.15) is 0 Å². The first-order chi connectivity index (χ1) is 19.0. The van der Waals surface area contributed by atoms with E-state index in [2.05, 4.69) is 0 Å². The van der Waals surface area contributed by atoms with Gasteiger partial charge in [0, 0.05) is 0 Å². The van der Waals surface area contributed by atoms with Crippen LogP contribution in [0.4, 0.5) is 0 Å². The van der Waals surface area contributed by atoms with Crippen LogP contribution in [0, 0.1) is 0 Å². The molecular weight excluding hydrogens is 606 g/mol. The molecule has 0 heterocycles. The molecule has 40 heavy (non-hydrogen) atoms. The number of benzene rings is 2. The van der Waals surface area contributed by atoms with Crippen molar-refractivity contribution in [1.82, 2.24) is 0 Å². The second-order valence-corrected chi connectivity index (χ2v) is 11.0. The van der Waals surface area contributed by atoms with Crippen molar-refractivity contribution in [3.8, 4) is 0 Å². The van der Waals surface area contributed by atoms with Crippen LogP contribution in [0.1, 0.15) is 92.8 Å². The zero-order chi connectivity index (χ0) is 29.9. The number of rotatable bonds is 16. The van der Waals surface area contributed by atoms with Crippen molar-refractivity contribution in [3.05, 3.63) is 70.8 Å². The van der Waals surface area contributed by atoms with Gasteiger partial charge in [-0.25, -0.2) is 19.2 Å². The Morgan fingerprint density at radius 3 is 1.18 bits per heavy atom. The number of hydrogen-bond acceptors (Lipinski definition) is 6. The Morgan fingerprint density at radius 2 is 0.875 bits per heavy atom. The average molecular weight is 638 g/mol. The van der Waals surface area contributed by atoms with Gasteiger partial charge in [0.15, 0.2) is 0 Å². The Hall–Kier alpha value is -2.52. The number of ether oxygens (including phenoxy) is 2. The van der Waals surface area contributed by atoms with Gasteiger partial charge in [-0.15, -0.1) is 46.4 Å². The number of esters is 2. The lowest BCUT2D eigenvalue weighted by Gasteiger charge is -2.07. The van der Waals surface area contributed by atoms with E-state index in [0.717, 1.165) is 25.7 Å². The molecule has 220 valence electrons. The SMILES string of the molecule is O=C(O)c1ccccc1C(=O)OCCCCCC(Cl)Cl.O=C(O)c1ccccc1C(=O)OCCCCCC(Cl)Cl. The number of carboxylic acids is 2. The highest BCUT2D eigenvalue weighted by Crippen LogP contribution is 2.15. The summed E-state index contributed by atoms with van der Waals surface area (Å²) >= 11 is 22.4. The predicted octanol–water partition coefficient (Wildman–Crippen LogP) is 7.81. The van der Waals surface area contributed by atoms with Crippen LogP contribution in [-0.2, 0) is 9.47 Å². The van der Waals surface area contributed by atoms with Gasteiger partial charge in [0.25, 0.3) is 0 Å². The number of halogens is 4. The molecule has 0 fully saturated rings. The van der Waals surface area contributed by atoms with E-state index in [1.807, 2.05) is 0 Å². The molecule has 12 heteroatoms. The molecule has 8 nitrogen and oxygen atoms in total. The van der Waals surface area contributed by atoms with E-state index in [1.165, 1.54) is 24.3 Å². The third kappa shape index (κ3) is 14.7. The van der Waals surface area contributed by atoms with Crippen LogP contribution in [0.2, 0.25) is 0 Å². The summed E-state index contributed by atoms with van der Waals surface area (Å²) in [6.07, 6.45) is 6.23. The van der Waals surface area contributed by atoms with E-state index in [9.17, 15) is 19.2 Å². The minimum Gasteiger partial charge on any atom is -0.478 e. The molecule has 0 atom stereocenters. The van der Waals surface area contributed by atoms with Crippen LogP contribution in [0.25, 0.3) is 0 Å². The van der Waals surface area contributed by atoms with E-state index >= 15 is 0 Å². The van der Waals surface area contributed by atoms with Crippen molar-refractivity contribution >= 4 is 70.3 Å². The Bertz CT molecular complexity index is 1010. The molecule has 0 aliphatic rings. The van der Waals surface area contributed by atoms with Crippen molar-refractivity contribution in [1.29, 1.82) is 0 Å². The van der Waals surface area contributed by atoms with E-state index in [0.29, 0.717) is 25.7 Å². The first-order valence-electron chi connectivity index (χ1n) is 12.6. The van der Waals surface area contributed by atoms with E-state index in [-0.39, 0.29) is 45.1 Å².